The average Bonchev–Trinajstić information content (AvgIpc) is 2.89. The van der Waals surface area contributed by atoms with Gasteiger partial charge in [0.15, 0.2) is 0 Å². The lowest BCUT2D eigenvalue weighted by atomic mass is 10.0. The van der Waals surface area contributed by atoms with Crippen molar-refractivity contribution in [2.24, 2.45) is 0 Å². The van der Waals surface area contributed by atoms with E-state index in [1.807, 2.05) is 37.4 Å². The summed E-state index contributed by atoms with van der Waals surface area (Å²) < 4.78 is 20.7. The standard InChI is InChI=1S/C17H15BrFNO/c1-10-6-7-11(8-14(10)19)16(20-2)15-9-12-4-3-5-13(18)17(12)21-15/h3-9,16,20H,1-2H3. The minimum atomic E-state index is -0.204. The molecule has 1 atom stereocenters. The average molecular weight is 348 g/mol. The van der Waals surface area contributed by atoms with Gasteiger partial charge >= 0.3 is 0 Å². The first-order valence-corrected chi connectivity index (χ1v) is 7.50. The molecule has 0 aliphatic heterocycles. The smallest absolute Gasteiger partial charge is 0.148 e. The maximum absolute atomic E-state index is 13.8. The Morgan fingerprint density at radius 3 is 2.67 bits per heavy atom. The monoisotopic (exact) mass is 347 g/mol. The van der Waals surface area contributed by atoms with Gasteiger partial charge in [0.05, 0.1) is 10.5 Å². The van der Waals surface area contributed by atoms with Gasteiger partial charge < -0.3 is 9.73 Å². The molecule has 0 spiro atoms. The quantitative estimate of drug-likeness (QED) is 0.724. The molecule has 0 fully saturated rings. The Kier molecular flexibility index (Phi) is 3.83. The van der Waals surface area contributed by atoms with Gasteiger partial charge in [-0.15, -0.1) is 0 Å². The van der Waals surface area contributed by atoms with Crippen LogP contribution in [0.15, 0.2) is 51.4 Å². The summed E-state index contributed by atoms with van der Waals surface area (Å²) in [5.41, 5.74) is 2.29. The summed E-state index contributed by atoms with van der Waals surface area (Å²) in [4.78, 5) is 0. The van der Waals surface area contributed by atoms with E-state index in [9.17, 15) is 4.39 Å². The zero-order valence-electron chi connectivity index (χ0n) is 11.8. The van der Waals surface area contributed by atoms with Crippen molar-refractivity contribution in [3.8, 4) is 0 Å². The highest BCUT2D eigenvalue weighted by atomic mass is 79.9. The predicted octanol–water partition coefficient (Wildman–Crippen LogP) is 4.95. The van der Waals surface area contributed by atoms with Crippen molar-refractivity contribution in [2.75, 3.05) is 7.05 Å². The topological polar surface area (TPSA) is 25.2 Å². The zero-order chi connectivity index (χ0) is 15.0. The number of hydrogen-bond donors (Lipinski definition) is 1. The largest absolute Gasteiger partial charge is 0.458 e. The summed E-state index contributed by atoms with van der Waals surface area (Å²) in [6.07, 6.45) is 0. The molecule has 108 valence electrons. The van der Waals surface area contributed by atoms with Crippen LogP contribution in [0.25, 0.3) is 11.0 Å². The fraction of sp³-hybridized carbons (Fsp3) is 0.176. The molecule has 3 aromatic rings. The number of para-hydroxylation sites is 1. The molecule has 0 aliphatic rings. The fourth-order valence-corrected chi connectivity index (χ4v) is 2.91. The number of furan rings is 1. The lowest BCUT2D eigenvalue weighted by molar-refractivity contribution is 0.489. The molecule has 4 heteroatoms. The van der Waals surface area contributed by atoms with Crippen molar-refractivity contribution >= 4 is 26.9 Å². The summed E-state index contributed by atoms with van der Waals surface area (Å²) >= 11 is 3.48. The Bertz CT molecular complexity index is 797. The molecule has 1 unspecified atom stereocenters. The highest BCUT2D eigenvalue weighted by molar-refractivity contribution is 9.10. The first-order chi connectivity index (χ1) is 10.1. The molecular formula is C17H15BrFNO. The molecule has 0 bridgehead atoms. The Morgan fingerprint density at radius 1 is 1.19 bits per heavy atom. The van der Waals surface area contributed by atoms with Gasteiger partial charge in [0.2, 0.25) is 0 Å². The third-order valence-electron chi connectivity index (χ3n) is 3.62. The van der Waals surface area contributed by atoms with Crippen LogP contribution in [0.4, 0.5) is 4.39 Å². The van der Waals surface area contributed by atoms with Crippen molar-refractivity contribution in [3.63, 3.8) is 0 Å². The molecule has 2 nitrogen and oxygen atoms in total. The van der Waals surface area contributed by atoms with Gasteiger partial charge in [-0.1, -0.05) is 24.3 Å². The van der Waals surface area contributed by atoms with Crippen LogP contribution in [0.1, 0.15) is 22.9 Å². The second kappa shape index (κ2) is 5.62. The van der Waals surface area contributed by atoms with E-state index >= 15 is 0 Å². The van der Waals surface area contributed by atoms with Crippen LogP contribution in [0.2, 0.25) is 0 Å². The molecule has 0 radical (unpaired) electrons. The Labute approximate surface area is 131 Å². The van der Waals surface area contributed by atoms with Crippen LogP contribution in [-0.2, 0) is 0 Å². The van der Waals surface area contributed by atoms with Gasteiger partial charge in [0.25, 0.3) is 0 Å². The number of aryl methyl sites for hydroxylation is 1. The Balaban J connectivity index is 2.09. The van der Waals surface area contributed by atoms with Crippen molar-refractivity contribution in [1.29, 1.82) is 0 Å². The number of halogens is 2. The van der Waals surface area contributed by atoms with Crippen LogP contribution in [0, 0.1) is 12.7 Å². The van der Waals surface area contributed by atoms with E-state index in [1.165, 1.54) is 0 Å². The van der Waals surface area contributed by atoms with Gasteiger partial charge in [-0.2, -0.15) is 0 Å². The number of fused-ring (bicyclic) bond motifs is 1. The molecule has 3 rings (SSSR count). The van der Waals surface area contributed by atoms with E-state index < -0.39 is 0 Å². The van der Waals surface area contributed by atoms with Gasteiger partial charge in [0, 0.05) is 5.39 Å². The lowest BCUT2D eigenvalue weighted by Gasteiger charge is -2.14. The minimum Gasteiger partial charge on any atom is -0.458 e. The molecule has 0 amide bonds. The van der Waals surface area contributed by atoms with Crippen LogP contribution in [-0.4, -0.2) is 7.05 Å². The molecule has 1 N–H and O–H groups in total. The van der Waals surface area contributed by atoms with Crippen LogP contribution in [0.5, 0.6) is 0 Å². The van der Waals surface area contributed by atoms with Crippen molar-refractivity contribution in [3.05, 3.63) is 69.6 Å². The summed E-state index contributed by atoms with van der Waals surface area (Å²) in [5.74, 6) is 0.563. The lowest BCUT2D eigenvalue weighted by Crippen LogP contribution is -2.17. The Morgan fingerprint density at radius 2 is 2.00 bits per heavy atom. The summed E-state index contributed by atoms with van der Waals surface area (Å²) in [7, 11) is 1.84. The number of rotatable bonds is 3. The van der Waals surface area contributed by atoms with Gasteiger partial charge in [-0.25, -0.2) is 4.39 Å². The summed E-state index contributed by atoms with van der Waals surface area (Å²) in [6.45, 7) is 1.76. The van der Waals surface area contributed by atoms with E-state index in [4.69, 9.17) is 4.42 Å². The van der Waals surface area contributed by atoms with Gasteiger partial charge in [-0.05, 0) is 59.2 Å². The fourth-order valence-electron chi connectivity index (χ4n) is 2.45. The van der Waals surface area contributed by atoms with Gasteiger partial charge in [0.1, 0.15) is 17.2 Å². The maximum atomic E-state index is 13.8. The molecule has 0 aliphatic carbocycles. The van der Waals surface area contributed by atoms with E-state index in [0.717, 1.165) is 26.8 Å². The van der Waals surface area contributed by atoms with Crippen LogP contribution >= 0.6 is 15.9 Å². The highest BCUT2D eigenvalue weighted by Gasteiger charge is 2.18. The number of hydrogen-bond acceptors (Lipinski definition) is 2. The Hall–Kier alpha value is -1.65. The number of nitrogens with one attached hydrogen (secondary N) is 1. The van der Waals surface area contributed by atoms with Gasteiger partial charge in [-0.3, -0.25) is 0 Å². The maximum Gasteiger partial charge on any atom is 0.148 e. The second-order valence-corrected chi connectivity index (χ2v) is 5.89. The van der Waals surface area contributed by atoms with Crippen molar-refractivity contribution in [1.82, 2.24) is 5.32 Å². The molecule has 2 aromatic carbocycles. The van der Waals surface area contributed by atoms with Crippen molar-refractivity contribution in [2.45, 2.75) is 13.0 Å². The van der Waals surface area contributed by atoms with E-state index in [1.54, 1.807) is 19.1 Å². The summed E-state index contributed by atoms with van der Waals surface area (Å²) in [6, 6.07) is 13.0. The molecule has 21 heavy (non-hydrogen) atoms. The second-order valence-electron chi connectivity index (χ2n) is 5.04. The third-order valence-corrected chi connectivity index (χ3v) is 4.24. The molecule has 0 saturated heterocycles. The molecular weight excluding hydrogens is 333 g/mol. The van der Waals surface area contributed by atoms with E-state index in [2.05, 4.69) is 21.2 Å². The molecule has 1 aromatic heterocycles. The highest BCUT2D eigenvalue weighted by Crippen LogP contribution is 2.32. The first-order valence-electron chi connectivity index (χ1n) is 6.71. The SMILES string of the molecule is CNC(c1ccc(C)c(F)c1)c1cc2cccc(Br)c2o1. The molecule has 0 saturated carbocycles. The normalized spacial score (nSPS) is 12.8. The first kappa shape index (κ1) is 14.3. The van der Waals surface area contributed by atoms with E-state index in [-0.39, 0.29) is 11.9 Å². The minimum absolute atomic E-state index is 0.181. The summed E-state index contributed by atoms with van der Waals surface area (Å²) in [5, 5.41) is 4.21. The van der Waals surface area contributed by atoms with E-state index in [0.29, 0.717) is 5.56 Å². The van der Waals surface area contributed by atoms with Crippen LogP contribution in [0.3, 0.4) is 0 Å². The third kappa shape index (κ3) is 2.61. The van der Waals surface area contributed by atoms with Crippen LogP contribution < -0.4 is 5.32 Å². The van der Waals surface area contributed by atoms with Crippen molar-refractivity contribution < 1.29 is 8.81 Å². The zero-order valence-corrected chi connectivity index (χ0v) is 13.4. The number of benzene rings is 2. The molecule has 1 heterocycles. The predicted molar refractivity (Wildman–Crippen MR) is 86.0 cm³/mol.